The second kappa shape index (κ2) is 5.50. The summed E-state index contributed by atoms with van der Waals surface area (Å²) in [5.41, 5.74) is -6.40. The first-order chi connectivity index (χ1) is 7.94. The molecule has 7 heteroatoms. The lowest BCUT2D eigenvalue weighted by Crippen LogP contribution is -2.69. The molecule has 0 saturated heterocycles. The van der Waals surface area contributed by atoms with Crippen LogP contribution in [0.4, 0.5) is 0 Å². The van der Waals surface area contributed by atoms with Crippen LogP contribution in [0.2, 0.25) is 0 Å². The quantitative estimate of drug-likeness (QED) is 0.321. The SMILES string of the molecule is CNC(=O)CC(C)(O)C(C)(O)C(C)(O)C(O)CO. The highest BCUT2D eigenvalue weighted by Gasteiger charge is 2.57. The van der Waals surface area contributed by atoms with Crippen LogP contribution < -0.4 is 5.32 Å². The third-order valence-corrected chi connectivity index (χ3v) is 3.64. The first-order valence-corrected chi connectivity index (χ1v) is 5.60. The molecule has 0 bridgehead atoms. The molecule has 6 N–H and O–H groups in total. The molecule has 4 unspecified atom stereocenters. The Labute approximate surface area is 106 Å². The topological polar surface area (TPSA) is 130 Å². The van der Waals surface area contributed by atoms with Crippen LogP contribution in [0.15, 0.2) is 0 Å². The summed E-state index contributed by atoms with van der Waals surface area (Å²) in [6, 6.07) is 0. The predicted octanol–water partition coefficient (Wildman–Crippen LogP) is -2.27. The molecule has 0 aliphatic rings. The van der Waals surface area contributed by atoms with Gasteiger partial charge in [-0.1, -0.05) is 0 Å². The Kier molecular flexibility index (Phi) is 5.27. The summed E-state index contributed by atoms with van der Waals surface area (Å²) in [5, 5.41) is 51.1. The summed E-state index contributed by atoms with van der Waals surface area (Å²) in [6.07, 6.45) is -2.13. The van der Waals surface area contributed by atoms with E-state index in [1.54, 1.807) is 0 Å². The van der Waals surface area contributed by atoms with Crippen LogP contribution >= 0.6 is 0 Å². The maximum absolute atomic E-state index is 11.3. The molecule has 18 heavy (non-hydrogen) atoms. The standard InChI is InChI=1S/C11H23NO6/c1-9(16,5-8(15)12-4)11(3,18)10(2,17)7(14)6-13/h7,13-14,16-18H,5-6H2,1-4H3,(H,12,15). The largest absolute Gasteiger partial charge is 0.394 e. The van der Waals surface area contributed by atoms with Gasteiger partial charge in [0.2, 0.25) is 5.91 Å². The summed E-state index contributed by atoms with van der Waals surface area (Å²) in [4.78, 5) is 11.3. The number of carbonyl (C=O) groups excluding carboxylic acids is 1. The van der Waals surface area contributed by atoms with Crippen molar-refractivity contribution in [2.75, 3.05) is 13.7 Å². The zero-order valence-corrected chi connectivity index (χ0v) is 11.1. The van der Waals surface area contributed by atoms with Crippen LogP contribution in [-0.2, 0) is 4.79 Å². The molecule has 0 rings (SSSR count). The fraction of sp³-hybridized carbons (Fsp3) is 0.909. The van der Waals surface area contributed by atoms with Crippen LogP contribution in [0.3, 0.4) is 0 Å². The van der Waals surface area contributed by atoms with E-state index < -0.39 is 41.8 Å². The zero-order chi connectivity index (χ0) is 14.8. The predicted molar refractivity (Wildman–Crippen MR) is 63.6 cm³/mol. The molecule has 0 aliphatic carbocycles. The van der Waals surface area contributed by atoms with Gasteiger partial charge < -0.3 is 30.8 Å². The van der Waals surface area contributed by atoms with Crippen molar-refractivity contribution in [3.63, 3.8) is 0 Å². The third-order valence-electron chi connectivity index (χ3n) is 3.64. The van der Waals surface area contributed by atoms with E-state index in [1.807, 2.05) is 0 Å². The minimum absolute atomic E-state index is 0.467. The fourth-order valence-corrected chi connectivity index (χ4v) is 1.62. The molecule has 0 radical (unpaired) electrons. The molecule has 0 heterocycles. The first-order valence-electron chi connectivity index (χ1n) is 5.60. The van der Waals surface area contributed by atoms with E-state index in [9.17, 15) is 25.2 Å². The molecule has 0 fully saturated rings. The highest BCUT2D eigenvalue weighted by Crippen LogP contribution is 2.37. The van der Waals surface area contributed by atoms with Crippen molar-refractivity contribution in [1.82, 2.24) is 5.32 Å². The van der Waals surface area contributed by atoms with Crippen LogP contribution in [0, 0.1) is 0 Å². The molecule has 4 atom stereocenters. The Hall–Kier alpha value is -0.730. The van der Waals surface area contributed by atoms with Crippen molar-refractivity contribution in [1.29, 1.82) is 0 Å². The van der Waals surface area contributed by atoms with Crippen molar-refractivity contribution in [3.8, 4) is 0 Å². The normalized spacial score (nSPS) is 23.4. The molecule has 0 saturated carbocycles. The van der Waals surface area contributed by atoms with Gasteiger partial charge in [-0.25, -0.2) is 0 Å². The Morgan fingerprint density at radius 2 is 1.67 bits per heavy atom. The van der Waals surface area contributed by atoms with Gasteiger partial charge in [0.05, 0.1) is 13.0 Å². The van der Waals surface area contributed by atoms with Crippen LogP contribution in [0.1, 0.15) is 27.2 Å². The average molecular weight is 265 g/mol. The van der Waals surface area contributed by atoms with Crippen LogP contribution in [0.25, 0.3) is 0 Å². The van der Waals surface area contributed by atoms with E-state index in [1.165, 1.54) is 14.0 Å². The number of amides is 1. The van der Waals surface area contributed by atoms with Gasteiger partial charge in [0.25, 0.3) is 0 Å². The van der Waals surface area contributed by atoms with Gasteiger partial charge in [0.15, 0.2) is 0 Å². The molecule has 0 aromatic carbocycles. The molecule has 0 aromatic rings. The van der Waals surface area contributed by atoms with Gasteiger partial charge in [0.1, 0.15) is 22.9 Å². The summed E-state index contributed by atoms with van der Waals surface area (Å²) in [6.45, 7) is 2.54. The van der Waals surface area contributed by atoms with Gasteiger partial charge >= 0.3 is 0 Å². The number of aliphatic hydroxyl groups is 5. The number of rotatable bonds is 6. The zero-order valence-electron chi connectivity index (χ0n) is 11.1. The second-order valence-electron chi connectivity index (χ2n) is 5.04. The second-order valence-corrected chi connectivity index (χ2v) is 5.04. The van der Waals surface area contributed by atoms with E-state index in [0.717, 1.165) is 13.8 Å². The highest BCUT2D eigenvalue weighted by atomic mass is 16.4. The Bertz CT molecular complexity index is 300. The Morgan fingerprint density at radius 3 is 2.00 bits per heavy atom. The summed E-state index contributed by atoms with van der Waals surface area (Å²) >= 11 is 0. The number of aliphatic hydroxyl groups excluding tert-OH is 2. The van der Waals surface area contributed by atoms with E-state index in [-0.39, 0.29) is 0 Å². The molecule has 7 nitrogen and oxygen atoms in total. The van der Waals surface area contributed by atoms with E-state index >= 15 is 0 Å². The lowest BCUT2D eigenvalue weighted by molar-refractivity contribution is -0.258. The van der Waals surface area contributed by atoms with Crippen molar-refractivity contribution in [2.45, 2.75) is 50.1 Å². The van der Waals surface area contributed by atoms with Crippen molar-refractivity contribution in [3.05, 3.63) is 0 Å². The van der Waals surface area contributed by atoms with Crippen LogP contribution in [-0.4, -0.2) is 68.0 Å². The molecule has 1 amide bonds. The van der Waals surface area contributed by atoms with Gasteiger partial charge in [0, 0.05) is 7.05 Å². The third kappa shape index (κ3) is 2.99. The molecule has 0 aliphatic heterocycles. The smallest absolute Gasteiger partial charge is 0.222 e. The maximum atomic E-state index is 11.3. The fourth-order valence-electron chi connectivity index (χ4n) is 1.62. The molecular weight excluding hydrogens is 242 g/mol. The average Bonchev–Trinajstić information content (AvgIpc) is 2.26. The molecule has 0 aromatic heterocycles. The lowest BCUT2D eigenvalue weighted by Gasteiger charge is -2.48. The van der Waals surface area contributed by atoms with E-state index in [4.69, 9.17) is 5.11 Å². The first kappa shape index (κ1) is 17.3. The highest BCUT2D eigenvalue weighted by molar-refractivity contribution is 5.76. The number of carbonyl (C=O) groups is 1. The minimum Gasteiger partial charge on any atom is -0.394 e. The van der Waals surface area contributed by atoms with Crippen LogP contribution in [0.5, 0.6) is 0 Å². The van der Waals surface area contributed by atoms with Gasteiger partial charge in [-0.05, 0) is 20.8 Å². The number of hydrogen-bond acceptors (Lipinski definition) is 6. The summed E-state index contributed by atoms with van der Waals surface area (Å²) in [5.74, 6) is -0.533. The summed E-state index contributed by atoms with van der Waals surface area (Å²) in [7, 11) is 1.37. The lowest BCUT2D eigenvalue weighted by atomic mass is 9.69. The van der Waals surface area contributed by atoms with Crippen molar-refractivity contribution < 1.29 is 30.3 Å². The van der Waals surface area contributed by atoms with Crippen molar-refractivity contribution >= 4 is 5.91 Å². The molecule has 0 spiro atoms. The Balaban J connectivity index is 5.28. The van der Waals surface area contributed by atoms with Gasteiger partial charge in [-0.3, -0.25) is 4.79 Å². The molecular formula is C11H23NO6. The monoisotopic (exact) mass is 265 g/mol. The van der Waals surface area contributed by atoms with E-state index in [2.05, 4.69) is 5.32 Å². The maximum Gasteiger partial charge on any atom is 0.222 e. The molecule has 108 valence electrons. The number of hydrogen-bond donors (Lipinski definition) is 6. The van der Waals surface area contributed by atoms with Gasteiger partial charge in [-0.2, -0.15) is 0 Å². The van der Waals surface area contributed by atoms with Crippen molar-refractivity contribution in [2.24, 2.45) is 0 Å². The number of nitrogens with one attached hydrogen (secondary N) is 1. The van der Waals surface area contributed by atoms with E-state index in [0.29, 0.717) is 0 Å². The minimum atomic E-state index is -2.21. The Morgan fingerprint density at radius 1 is 1.22 bits per heavy atom. The summed E-state index contributed by atoms with van der Waals surface area (Å²) < 4.78 is 0. The van der Waals surface area contributed by atoms with Gasteiger partial charge in [-0.15, -0.1) is 0 Å².